The lowest BCUT2D eigenvalue weighted by atomic mass is 9.97. The number of methoxy groups -OCH3 is 3. The van der Waals surface area contributed by atoms with Crippen molar-refractivity contribution < 1.29 is 118 Å². The van der Waals surface area contributed by atoms with Crippen LogP contribution in [0, 0.1) is 0 Å². The van der Waals surface area contributed by atoms with Crippen molar-refractivity contribution in [3.8, 4) is 57.3 Å². The molecule has 13 atom stereocenters. The Hall–Kier alpha value is -6.04. The van der Waals surface area contributed by atoms with Gasteiger partial charge in [-0.2, -0.15) is 0 Å². The number of aliphatic hydroxyl groups excluding tert-OH is 7. The molecule has 25 heteroatoms. The van der Waals surface area contributed by atoms with Gasteiger partial charge in [-0.3, -0.25) is 4.79 Å². The first-order valence-electron chi connectivity index (χ1n) is 20.8. The lowest BCUT2D eigenvalue weighted by molar-refractivity contribution is -0.338. The molecule has 12 N–H and O–H groups in total. The van der Waals surface area contributed by atoms with Crippen molar-refractivity contribution >= 4 is 23.0 Å². The van der Waals surface area contributed by atoms with Crippen molar-refractivity contribution in [2.24, 2.45) is 0 Å². The minimum absolute atomic E-state index is 0.0309. The number of phenols is 4. The molecule has 3 fully saturated rings. The molecule has 1 aromatic heterocycles. The largest absolute Gasteiger partial charge is 0.504 e. The van der Waals surface area contributed by atoms with E-state index in [0.717, 1.165) is 19.3 Å². The number of hydrogen-bond acceptors (Lipinski definition) is 25. The summed E-state index contributed by atoms with van der Waals surface area (Å²) < 4.78 is 61.8. The first-order valence-corrected chi connectivity index (χ1v) is 20.8. The van der Waals surface area contributed by atoms with Gasteiger partial charge in [0.15, 0.2) is 65.0 Å². The molecule has 376 valence electrons. The first-order chi connectivity index (χ1) is 32.9. The summed E-state index contributed by atoms with van der Waals surface area (Å²) in [6.45, 7) is -3.43. The van der Waals surface area contributed by atoms with Gasteiger partial charge in [-0.25, -0.2) is 4.79 Å². The van der Waals surface area contributed by atoms with Crippen LogP contribution in [0.5, 0.6) is 46.0 Å². The van der Waals surface area contributed by atoms with E-state index in [0.29, 0.717) is 5.56 Å². The molecule has 3 saturated heterocycles. The predicted octanol–water partition coefficient (Wildman–Crippen LogP) is -1.96. The Morgan fingerprint density at radius 3 is 2.07 bits per heavy atom. The summed E-state index contributed by atoms with van der Waals surface area (Å²) in [5, 5.41) is 128. The van der Waals surface area contributed by atoms with Gasteiger partial charge in [0, 0.05) is 17.7 Å². The second kappa shape index (κ2) is 20.9. The molecule has 0 spiro atoms. The fourth-order valence-corrected chi connectivity index (χ4v) is 7.71. The molecule has 1 unspecified atom stereocenters. The predicted molar refractivity (Wildman–Crippen MR) is 227 cm³/mol. The first kappa shape index (κ1) is 50.8. The summed E-state index contributed by atoms with van der Waals surface area (Å²) in [5.41, 5.74) is -3.50. The molecule has 0 amide bonds. The number of benzene rings is 3. The fraction of sp³-hybridized carbons (Fsp3) is 0.455. The summed E-state index contributed by atoms with van der Waals surface area (Å²) in [5.74, 6) is -5.03. The normalized spacial score (nSPS) is 30.4. The molecule has 4 heterocycles. The Morgan fingerprint density at radius 1 is 0.768 bits per heavy atom. The number of aliphatic hydroxyl groups is 8. The van der Waals surface area contributed by atoms with Crippen LogP contribution in [0.1, 0.15) is 5.56 Å². The number of ether oxygens (including phenoxy) is 10. The molecule has 3 aliphatic rings. The van der Waals surface area contributed by atoms with Crippen LogP contribution in [0.15, 0.2) is 57.8 Å². The van der Waals surface area contributed by atoms with Gasteiger partial charge in [0.2, 0.25) is 23.2 Å². The summed E-state index contributed by atoms with van der Waals surface area (Å²) in [6, 6.07) is 8.76. The Morgan fingerprint density at radius 2 is 1.42 bits per heavy atom. The second-order valence-electron chi connectivity index (χ2n) is 16.0. The monoisotopic (exact) mass is 978 g/mol. The molecule has 0 aliphatic carbocycles. The summed E-state index contributed by atoms with van der Waals surface area (Å²) in [6.07, 6.45) is -20.8. The van der Waals surface area contributed by atoms with Crippen LogP contribution in [-0.2, 0) is 33.2 Å². The van der Waals surface area contributed by atoms with Crippen LogP contribution in [-0.4, -0.2) is 194 Å². The average Bonchev–Trinajstić information content (AvgIpc) is 3.62. The number of carbonyl (C=O) groups excluding carboxylic acids is 1. The molecular weight excluding hydrogens is 928 g/mol. The van der Waals surface area contributed by atoms with Crippen molar-refractivity contribution in [1.82, 2.24) is 0 Å². The highest BCUT2D eigenvalue weighted by atomic mass is 16.8. The third kappa shape index (κ3) is 10.0. The van der Waals surface area contributed by atoms with Crippen LogP contribution in [0.25, 0.3) is 28.4 Å². The van der Waals surface area contributed by atoms with Gasteiger partial charge in [0.1, 0.15) is 59.3 Å². The molecule has 0 radical (unpaired) electrons. The smallest absolute Gasteiger partial charge is 0.331 e. The van der Waals surface area contributed by atoms with Crippen LogP contribution >= 0.6 is 0 Å². The molecule has 4 aromatic rings. The Kier molecular flexibility index (Phi) is 15.4. The van der Waals surface area contributed by atoms with E-state index in [-0.39, 0.29) is 28.6 Å². The molecular formula is C44H50O25. The zero-order valence-electron chi connectivity index (χ0n) is 36.6. The van der Waals surface area contributed by atoms with Gasteiger partial charge < -0.3 is 113 Å². The Bertz CT molecular complexity index is 2560. The summed E-state index contributed by atoms with van der Waals surface area (Å²) >= 11 is 0. The van der Waals surface area contributed by atoms with Crippen molar-refractivity contribution in [3.63, 3.8) is 0 Å². The van der Waals surface area contributed by atoms with Gasteiger partial charge in [-0.1, -0.05) is 6.07 Å². The minimum Gasteiger partial charge on any atom is -0.504 e. The standard InChI is InChI=1S/C44H50O25/c1-59-22-10-17(4-7-19(22)47)5-9-27(50)67-38-33(55)29(51)25(13-45)65-41(38)62-14-26-30(52)34(56)39(69-43-40(57)44(58,15-46)16-63-43)42(66-26)68-37-32(54)28-24(12-21(49)36(61-3)31(28)53)64-35(37)18-6-8-20(48)23(11-18)60-2/h4-12,25-26,29-30,33-34,38-43,45-49,51-53,55-58H,13-16H2,1-3H3/b9-5+/t25-,26-,29-,30-,33+,34+,38-,39-,40+,41-,42+,43+,44?/m1/s1. The van der Waals surface area contributed by atoms with Crippen LogP contribution in [0.3, 0.4) is 0 Å². The maximum atomic E-state index is 14.6. The third-order valence-corrected chi connectivity index (χ3v) is 11.6. The zero-order chi connectivity index (χ0) is 50.1. The number of aromatic hydroxyl groups is 4. The average molecular weight is 979 g/mol. The van der Waals surface area contributed by atoms with E-state index in [9.17, 15) is 70.9 Å². The molecule has 69 heavy (non-hydrogen) atoms. The Labute approximate surface area is 389 Å². The maximum absolute atomic E-state index is 14.6. The van der Waals surface area contributed by atoms with Crippen molar-refractivity contribution in [1.29, 1.82) is 0 Å². The number of carbonyl (C=O) groups is 1. The summed E-state index contributed by atoms with van der Waals surface area (Å²) in [7, 11) is 3.63. The lowest BCUT2D eigenvalue weighted by Crippen LogP contribution is -2.64. The number of esters is 1. The van der Waals surface area contributed by atoms with E-state index in [1.165, 1.54) is 56.7 Å². The number of fused-ring (bicyclic) bond motifs is 1. The second-order valence-corrected chi connectivity index (χ2v) is 16.0. The SMILES string of the molecule is COc1cc(/C=C/C(=O)O[C@H]2[C@H](OC[C@H]3O[C@@H](Oc4c(-c5ccc(O)c(OC)c5)oc5cc(O)c(OC)c(O)c5c4=O)[C@H](O[C@@H]4OCC(O)(CO)[C@H]4O)[C@@H](O)[C@@H]3O)O[C@H](CO)[C@@H](O)[C@@H]2O)ccc1O. The third-order valence-electron chi connectivity index (χ3n) is 11.6. The molecule has 0 bridgehead atoms. The van der Waals surface area contributed by atoms with E-state index in [2.05, 4.69) is 0 Å². The summed E-state index contributed by atoms with van der Waals surface area (Å²) in [4.78, 5) is 27.6. The van der Waals surface area contributed by atoms with Crippen LogP contribution in [0.4, 0.5) is 0 Å². The van der Waals surface area contributed by atoms with Gasteiger partial charge in [-0.05, 0) is 42.0 Å². The molecule has 0 saturated carbocycles. The quantitative estimate of drug-likeness (QED) is 0.0428. The number of phenolic OH excluding ortho intramolecular Hbond substituents is 4. The minimum atomic E-state index is -2.26. The Balaban J connectivity index is 1.24. The molecule has 3 aliphatic heterocycles. The van der Waals surface area contributed by atoms with Crippen molar-refractivity contribution in [3.05, 3.63) is 64.3 Å². The highest BCUT2D eigenvalue weighted by Crippen LogP contribution is 2.45. The molecule has 7 rings (SSSR count). The number of hydrogen-bond donors (Lipinski definition) is 12. The van der Waals surface area contributed by atoms with Crippen LogP contribution < -0.4 is 24.4 Å². The zero-order valence-corrected chi connectivity index (χ0v) is 36.6. The van der Waals surface area contributed by atoms with Gasteiger partial charge >= 0.3 is 5.97 Å². The van der Waals surface area contributed by atoms with E-state index in [1.807, 2.05) is 0 Å². The van der Waals surface area contributed by atoms with Gasteiger partial charge in [0.25, 0.3) is 0 Å². The van der Waals surface area contributed by atoms with E-state index < -0.39 is 157 Å². The molecule has 25 nitrogen and oxygen atoms in total. The van der Waals surface area contributed by atoms with E-state index in [1.54, 1.807) is 0 Å². The van der Waals surface area contributed by atoms with Gasteiger partial charge in [-0.15, -0.1) is 0 Å². The highest BCUT2D eigenvalue weighted by molar-refractivity contribution is 5.91. The van der Waals surface area contributed by atoms with E-state index >= 15 is 0 Å². The molecule has 3 aromatic carbocycles. The van der Waals surface area contributed by atoms with Gasteiger partial charge in [0.05, 0.1) is 47.8 Å². The van der Waals surface area contributed by atoms with Crippen LogP contribution in [0.2, 0.25) is 0 Å². The van der Waals surface area contributed by atoms with E-state index in [4.69, 9.17) is 51.8 Å². The highest BCUT2D eigenvalue weighted by Gasteiger charge is 2.55. The lowest BCUT2D eigenvalue weighted by Gasteiger charge is -2.44. The maximum Gasteiger partial charge on any atom is 0.331 e. The van der Waals surface area contributed by atoms with Crippen molar-refractivity contribution in [2.75, 3.05) is 47.8 Å². The number of rotatable bonds is 16. The topological polar surface area (TPSA) is 382 Å². The van der Waals surface area contributed by atoms with Crippen molar-refractivity contribution in [2.45, 2.75) is 79.4 Å². The fourth-order valence-electron chi connectivity index (χ4n) is 7.71.